The van der Waals surface area contributed by atoms with Crippen molar-refractivity contribution >= 4 is 22.4 Å². The van der Waals surface area contributed by atoms with Crippen LogP contribution in [0.2, 0.25) is 0 Å². The van der Waals surface area contributed by atoms with Crippen molar-refractivity contribution in [3.8, 4) is 21.8 Å². The molecule has 0 atom stereocenters. The van der Waals surface area contributed by atoms with Crippen molar-refractivity contribution in [1.29, 1.82) is 0 Å². The second-order valence-electron chi connectivity index (χ2n) is 7.55. The number of rotatable bonds is 6. The number of hydrogen-bond donors (Lipinski definition) is 1. The van der Waals surface area contributed by atoms with Crippen LogP contribution in [0.3, 0.4) is 0 Å². The number of hydrogen-bond acceptors (Lipinski definition) is 5. The summed E-state index contributed by atoms with van der Waals surface area (Å²) in [6, 6.07) is 4.22. The van der Waals surface area contributed by atoms with Gasteiger partial charge in [-0.15, -0.1) is 0 Å². The second kappa shape index (κ2) is 7.91. The highest BCUT2D eigenvalue weighted by molar-refractivity contribution is 7.19. The maximum atomic E-state index is 11.5. The summed E-state index contributed by atoms with van der Waals surface area (Å²) in [4.78, 5) is 21.8. The van der Waals surface area contributed by atoms with Gasteiger partial charge in [-0.3, -0.25) is 14.5 Å². The Labute approximate surface area is 174 Å². The monoisotopic (exact) mass is 407 g/mol. The molecule has 29 heavy (non-hydrogen) atoms. The molecule has 0 bridgehead atoms. The number of fused-ring (bicyclic) bond motifs is 3. The van der Waals surface area contributed by atoms with Crippen LogP contribution >= 0.6 is 11.3 Å². The molecule has 150 valence electrons. The zero-order valence-corrected chi connectivity index (χ0v) is 17.9. The molecule has 0 aliphatic heterocycles. The molecule has 1 aliphatic rings. The molecule has 0 saturated carbocycles. The van der Waals surface area contributed by atoms with E-state index in [0.29, 0.717) is 11.7 Å². The SMILES string of the molecule is C=C(C)Cn1nc(-c2ccc(CCC)nc2)c2c1-c1sc(NC(C)=O)nc1CC2. The van der Waals surface area contributed by atoms with Gasteiger partial charge < -0.3 is 5.32 Å². The Bertz CT molecular complexity index is 1080. The molecule has 0 aromatic carbocycles. The van der Waals surface area contributed by atoms with Crippen LogP contribution in [0.5, 0.6) is 0 Å². The van der Waals surface area contributed by atoms with Crippen molar-refractivity contribution in [3.63, 3.8) is 0 Å². The van der Waals surface area contributed by atoms with E-state index in [1.165, 1.54) is 23.8 Å². The first-order chi connectivity index (χ1) is 14.0. The average Bonchev–Trinajstić information content (AvgIpc) is 3.22. The van der Waals surface area contributed by atoms with Gasteiger partial charge in [-0.2, -0.15) is 5.10 Å². The van der Waals surface area contributed by atoms with Gasteiger partial charge in [-0.05, 0) is 38.3 Å². The van der Waals surface area contributed by atoms with Gasteiger partial charge in [0.25, 0.3) is 0 Å². The number of anilines is 1. The maximum Gasteiger partial charge on any atom is 0.223 e. The van der Waals surface area contributed by atoms with E-state index >= 15 is 0 Å². The first kappa shape index (κ1) is 19.5. The number of carbonyl (C=O) groups excluding carboxylic acids is 1. The third kappa shape index (κ3) is 3.87. The summed E-state index contributed by atoms with van der Waals surface area (Å²) < 4.78 is 2.03. The summed E-state index contributed by atoms with van der Waals surface area (Å²) in [6.07, 6.45) is 5.71. The molecule has 0 unspecified atom stereocenters. The summed E-state index contributed by atoms with van der Waals surface area (Å²) in [5.41, 5.74) is 7.51. The van der Waals surface area contributed by atoms with Crippen LogP contribution < -0.4 is 5.32 Å². The number of nitrogens with zero attached hydrogens (tertiary/aromatic N) is 4. The fourth-order valence-electron chi connectivity index (χ4n) is 3.71. The Morgan fingerprint density at radius 3 is 2.79 bits per heavy atom. The van der Waals surface area contributed by atoms with E-state index < -0.39 is 0 Å². The topological polar surface area (TPSA) is 72.7 Å². The molecule has 1 N–H and O–H groups in total. The number of aromatic nitrogens is 4. The minimum Gasteiger partial charge on any atom is -0.302 e. The number of nitrogens with one attached hydrogen (secondary N) is 1. The normalized spacial score (nSPS) is 12.4. The summed E-state index contributed by atoms with van der Waals surface area (Å²) in [7, 11) is 0. The Kier molecular flexibility index (Phi) is 5.32. The molecule has 3 aromatic heterocycles. The van der Waals surface area contributed by atoms with Crippen LogP contribution in [0.25, 0.3) is 21.8 Å². The number of allylic oxidation sites excluding steroid dienone is 1. The third-order valence-electron chi connectivity index (χ3n) is 4.88. The molecular weight excluding hydrogens is 382 g/mol. The van der Waals surface area contributed by atoms with Gasteiger partial charge in [-0.25, -0.2) is 4.98 Å². The highest BCUT2D eigenvalue weighted by Crippen LogP contribution is 2.43. The van der Waals surface area contributed by atoms with Gasteiger partial charge in [0.15, 0.2) is 5.13 Å². The lowest BCUT2D eigenvalue weighted by atomic mass is 9.95. The van der Waals surface area contributed by atoms with Crippen molar-refractivity contribution in [3.05, 3.63) is 47.4 Å². The van der Waals surface area contributed by atoms with Crippen LogP contribution in [0.4, 0.5) is 5.13 Å². The third-order valence-corrected chi connectivity index (χ3v) is 5.90. The number of thiazole rings is 1. The molecular formula is C22H25N5OS. The van der Waals surface area contributed by atoms with E-state index in [9.17, 15) is 4.79 Å². The number of aryl methyl sites for hydroxylation is 2. The minimum atomic E-state index is -0.106. The lowest BCUT2D eigenvalue weighted by Crippen LogP contribution is -2.08. The molecule has 3 heterocycles. The lowest BCUT2D eigenvalue weighted by Gasteiger charge is -2.14. The van der Waals surface area contributed by atoms with Gasteiger partial charge in [0.05, 0.1) is 28.5 Å². The van der Waals surface area contributed by atoms with E-state index in [4.69, 9.17) is 5.10 Å². The Morgan fingerprint density at radius 1 is 1.31 bits per heavy atom. The van der Waals surface area contributed by atoms with Crippen molar-refractivity contribution < 1.29 is 4.79 Å². The fourth-order valence-corrected chi connectivity index (χ4v) is 4.85. The first-order valence-electron chi connectivity index (χ1n) is 9.93. The summed E-state index contributed by atoms with van der Waals surface area (Å²) in [5, 5.41) is 8.42. The van der Waals surface area contributed by atoms with E-state index in [-0.39, 0.29) is 5.91 Å². The zero-order chi connectivity index (χ0) is 20.5. The molecule has 1 amide bonds. The molecule has 6 nitrogen and oxygen atoms in total. The summed E-state index contributed by atoms with van der Waals surface area (Å²) >= 11 is 1.52. The van der Waals surface area contributed by atoms with Gasteiger partial charge in [0.1, 0.15) is 0 Å². The van der Waals surface area contributed by atoms with Crippen LogP contribution in [0.1, 0.15) is 44.1 Å². The zero-order valence-electron chi connectivity index (χ0n) is 17.1. The smallest absolute Gasteiger partial charge is 0.223 e. The standard InChI is InChI=1S/C22H25N5OS/c1-5-6-16-8-7-15(11-23-16)19-17-9-10-18-21(29-22(25-18)24-14(4)28)20(17)27(26-19)12-13(2)3/h7-8,11H,2,5-6,9-10,12H2,1,3-4H3,(H,24,25,28). The molecule has 0 radical (unpaired) electrons. The molecule has 0 fully saturated rings. The molecule has 1 aliphatic carbocycles. The van der Waals surface area contributed by atoms with Gasteiger partial charge in [0.2, 0.25) is 5.91 Å². The molecule has 0 spiro atoms. The molecule has 3 aromatic rings. The van der Waals surface area contributed by atoms with Crippen molar-refractivity contribution in [2.75, 3.05) is 5.32 Å². The number of amides is 1. The highest BCUT2D eigenvalue weighted by atomic mass is 32.1. The van der Waals surface area contributed by atoms with Crippen LogP contribution in [-0.4, -0.2) is 25.7 Å². The Hall–Kier alpha value is -2.80. The fraction of sp³-hybridized carbons (Fsp3) is 0.364. The van der Waals surface area contributed by atoms with Crippen LogP contribution in [0, 0.1) is 0 Å². The maximum absolute atomic E-state index is 11.5. The van der Waals surface area contributed by atoms with E-state index in [1.807, 2.05) is 17.8 Å². The quantitative estimate of drug-likeness (QED) is 0.604. The minimum absolute atomic E-state index is 0.106. The predicted octanol–water partition coefficient (Wildman–Crippen LogP) is 4.65. The highest BCUT2D eigenvalue weighted by Gasteiger charge is 2.29. The number of carbonyl (C=O) groups is 1. The lowest BCUT2D eigenvalue weighted by molar-refractivity contribution is -0.114. The van der Waals surface area contributed by atoms with E-state index in [1.54, 1.807) is 0 Å². The van der Waals surface area contributed by atoms with Crippen LogP contribution in [-0.2, 0) is 30.6 Å². The number of pyridine rings is 1. The first-order valence-corrected chi connectivity index (χ1v) is 10.7. The Morgan fingerprint density at radius 2 is 2.14 bits per heavy atom. The van der Waals surface area contributed by atoms with Crippen molar-refractivity contribution in [2.45, 2.75) is 53.0 Å². The van der Waals surface area contributed by atoms with Gasteiger partial charge in [-0.1, -0.05) is 36.8 Å². The predicted molar refractivity (Wildman–Crippen MR) is 117 cm³/mol. The van der Waals surface area contributed by atoms with Gasteiger partial charge >= 0.3 is 0 Å². The summed E-state index contributed by atoms with van der Waals surface area (Å²) in [6.45, 7) is 10.4. The van der Waals surface area contributed by atoms with E-state index in [0.717, 1.165) is 64.5 Å². The average molecular weight is 408 g/mol. The Balaban J connectivity index is 1.81. The molecule has 4 rings (SSSR count). The second-order valence-corrected chi connectivity index (χ2v) is 8.55. The largest absolute Gasteiger partial charge is 0.302 e. The van der Waals surface area contributed by atoms with Crippen LogP contribution in [0.15, 0.2) is 30.5 Å². The molecule has 7 heteroatoms. The van der Waals surface area contributed by atoms with Gasteiger partial charge in [0, 0.05) is 29.9 Å². The van der Waals surface area contributed by atoms with E-state index in [2.05, 4.69) is 40.9 Å². The summed E-state index contributed by atoms with van der Waals surface area (Å²) in [5.74, 6) is -0.106. The van der Waals surface area contributed by atoms with Crippen molar-refractivity contribution in [2.24, 2.45) is 0 Å². The van der Waals surface area contributed by atoms with Crippen molar-refractivity contribution in [1.82, 2.24) is 19.7 Å². The molecule has 0 saturated heterocycles.